The molecule has 0 aromatic heterocycles. The van der Waals surface area contributed by atoms with Crippen LogP contribution in [-0.4, -0.2) is 49.4 Å². The van der Waals surface area contributed by atoms with E-state index < -0.39 is 0 Å². The second-order valence-electron chi connectivity index (χ2n) is 3.82. The molecule has 1 unspecified atom stereocenters. The van der Waals surface area contributed by atoms with Crippen molar-refractivity contribution in [3.63, 3.8) is 0 Å². The van der Waals surface area contributed by atoms with Crippen LogP contribution < -0.4 is 0 Å². The van der Waals surface area contributed by atoms with Crippen LogP contribution in [0.4, 0.5) is 0 Å². The van der Waals surface area contributed by atoms with Crippen LogP contribution in [0.1, 0.15) is 26.7 Å². The molecule has 0 saturated carbocycles. The maximum Gasteiger partial charge on any atom is 0.223 e. The van der Waals surface area contributed by atoms with Crippen molar-refractivity contribution < 1.29 is 4.79 Å². The van der Waals surface area contributed by atoms with Gasteiger partial charge < -0.3 is 9.80 Å². The summed E-state index contributed by atoms with van der Waals surface area (Å²) in [7, 11) is 5.85. The predicted octanol–water partition coefficient (Wildman–Crippen LogP) is 1.19. The summed E-state index contributed by atoms with van der Waals surface area (Å²) in [6.07, 6.45) is 1.64. The molecular formula is C10H22N2O. The molecule has 0 fully saturated rings. The number of carbonyl (C=O) groups is 1. The van der Waals surface area contributed by atoms with Crippen LogP contribution in [0.2, 0.25) is 0 Å². The number of hydrogen-bond donors (Lipinski definition) is 0. The van der Waals surface area contributed by atoms with E-state index in [4.69, 9.17) is 0 Å². The molecule has 0 aliphatic heterocycles. The Morgan fingerprint density at radius 2 is 1.85 bits per heavy atom. The Labute approximate surface area is 81.7 Å². The lowest BCUT2D eigenvalue weighted by molar-refractivity contribution is -0.131. The zero-order valence-corrected chi connectivity index (χ0v) is 9.50. The van der Waals surface area contributed by atoms with Gasteiger partial charge in [-0.25, -0.2) is 0 Å². The van der Waals surface area contributed by atoms with Crippen LogP contribution in [0, 0.1) is 0 Å². The number of amides is 1. The van der Waals surface area contributed by atoms with Crippen molar-refractivity contribution in [1.82, 2.24) is 9.80 Å². The van der Waals surface area contributed by atoms with Crippen molar-refractivity contribution >= 4 is 5.91 Å². The third kappa shape index (κ3) is 4.88. The van der Waals surface area contributed by atoms with Crippen molar-refractivity contribution in [3.05, 3.63) is 0 Å². The van der Waals surface area contributed by atoms with Crippen molar-refractivity contribution in [2.45, 2.75) is 32.7 Å². The number of rotatable bonds is 5. The fraction of sp³-hybridized carbons (Fsp3) is 0.900. The smallest absolute Gasteiger partial charge is 0.223 e. The second kappa shape index (κ2) is 5.97. The number of nitrogens with zero attached hydrogens (tertiary/aromatic N) is 2. The SMILES string of the molecule is CCC(C)N(C)C(=O)CCN(C)C. The summed E-state index contributed by atoms with van der Waals surface area (Å²) in [5.41, 5.74) is 0. The van der Waals surface area contributed by atoms with Crippen molar-refractivity contribution in [1.29, 1.82) is 0 Å². The molecule has 0 rings (SSSR count). The Balaban J connectivity index is 3.82. The van der Waals surface area contributed by atoms with E-state index in [0.29, 0.717) is 12.5 Å². The summed E-state index contributed by atoms with van der Waals surface area (Å²) in [6, 6.07) is 0.356. The highest BCUT2D eigenvalue weighted by molar-refractivity contribution is 5.76. The Morgan fingerprint density at radius 3 is 2.23 bits per heavy atom. The van der Waals surface area contributed by atoms with E-state index >= 15 is 0 Å². The van der Waals surface area contributed by atoms with Crippen LogP contribution in [0.3, 0.4) is 0 Å². The van der Waals surface area contributed by atoms with Crippen molar-refractivity contribution in [3.8, 4) is 0 Å². The van der Waals surface area contributed by atoms with E-state index in [1.165, 1.54) is 0 Å². The topological polar surface area (TPSA) is 23.6 Å². The maximum atomic E-state index is 11.5. The predicted molar refractivity (Wildman–Crippen MR) is 55.7 cm³/mol. The lowest BCUT2D eigenvalue weighted by atomic mass is 10.2. The van der Waals surface area contributed by atoms with Gasteiger partial charge in [0.15, 0.2) is 0 Å². The van der Waals surface area contributed by atoms with Gasteiger partial charge in [-0.15, -0.1) is 0 Å². The fourth-order valence-corrected chi connectivity index (χ4v) is 1.02. The Bertz CT molecular complexity index is 157. The highest BCUT2D eigenvalue weighted by atomic mass is 16.2. The molecule has 0 N–H and O–H groups in total. The molecule has 0 aromatic rings. The summed E-state index contributed by atoms with van der Waals surface area (Å²) >= 11 is 0. The molecule has 0 radical (unpaired) electrons. The van der Waals surface area contributed by atoms with Crippen LogP contribution in [0.15, 0.2) is 0 Å². The molecule has 0 aliphatic carbocycles. The highest BCUT2D eigenvalue weighted by Gasteiger charge is 2.13. The third-order valence-corrected chi connectivity index (χ3v) is 2.42. The minimum atomic E-state index is 0.239. The maximum absolute atomic E-state index is 11.5. The Hall–Kier alpha value is -0.570. The summed E-state index contributed by atoms with van der Waals surface area (Å²) in [5, 5.41) is 0. The lowest BCUT2D eigenvalue weighted by Gasteiger charge is -2.24. The summed E-state index contributed by atoms with van der Waals surface area (Å²) in [6.45, 7) is 5.01. The molecule has 3 heteroatoms. The van der Waals surface area contributed by atoms with Gasteiger partial charge in [0, 0.05) is 26.1 Å². The molecule has 13 heavy (non-hydrogen) atoms. The van der Waals surface area contributed by atoms with Crippen LogP contribution in [0.5, 0.6) is 0 Å². The monoisotopic (exact) mass is 186 g/mol. The van der Waals surface area contributed by atoms with E-state index in [-0.39, 0.29) is 5.91 Å². The largest absolute Gasteiger partial charge is 0.343 e. The van der Waals surface area contributed by atoms with Gasteiger partial charge in [0.25, 0.3) is 0 Å². The van der Waals surface area contributed by atoms with Gasteiger partial charge >= 0.3 is 0 Å². The van der Waals surface area contributed by atoms with Gasteiger partial charge in [0.1, 0.15) is 0 Å². The standard InChI is InChI=1S/C10H22N2O/c1-6-9(2)12(5)10(13)7-8-11(3)4/h9H,6-8H2,1-5H3. The van der Waals surface area contributed by atoms with Crippen molar-refractivity contribution in [2.24, 2.45) is 0 Å². The molecule has 0 heterocycles. The molecule has 0 aromatic carbocycles. The fourth-order valence-electron chi connectivity index (χ4n) is 1.02. The zero-order valence-electron chi connectivity index (χ0n) is 9.50. The van der Waals surface area contributed by atoms with E-state index in [1.54, 1.807) is 0 Å². The number of hydrogen-bond acceptors (Lipinski definition) is 2. The third-order valence-electron chi connectivity index (χ3n) is 2.42. The zero-order chi connectivity index (χ0) is 10.4. The first-order valence-corrected chi connectivity index (χ1v) is 4.89. The van der Waals surface area contributed by atoms with E-state index in [2.05, 4.69) is 13.8 Å². The molecule has 0 spiro atoms. The molecule has 0 aliphatic rings. The van der Waals surface area contributed by atoms with Crippen LogP contribution >= 0.6 is 0 Å². The minimum Gasteiger partial charge on any atom is -0.343 e. The first-order valence-electron chi connectivity index (χ1n) is 4.89. The van der Waals surface area contributed by atoms with Gasteiger partial charge in [-0.3, -0.25) is 4.79 Å². The average Bonchev–Trinajstić information content (AvgIpc) is 2.11. The minimum absolute atomic E-state index is 0.239. The Kier molecular flexibility index (Phi) is 5.71. The first-order chi connectivity index (χ1) is 5.99. The van der Waals surface area contributed by atoms with Crippen LogP contribution in [0.25, 0.3) is 0 Å². The molecule has 1 atom stereocenters. The van der Waals surface area contributed by atoms with Gasteiger partial charge in [0.2, 0.25) is 5.91 Å². The van der Waals surface area contributed by atoms with Gasteiger partial charge in [-0.1, -0.05) is 6.92 Å². The van der Waals surface area contributed by atoms with Crippen LogP contribution in [-0.2, 0) is 4.79 Å². The molecule has 78 valence electrons. The quantitative estimate of drug-likeness (QED) is 0.644. The summed E-state index contributed by atoms with van der Waals surface area (Å²) < 4.78 is 0. The summed E-state index contributed by atoms with van der Waals surface area (Å²) in [5.74, 6) is 0.239. The lowest BCUT2D eigenvalue weighted by Crippen LogP contribution is -2.36. The first kappa shape index (κ1) is 12.4. The molecule has 0 bridgehead atoms. The molecule has 1 amide bonds. The Morgan fingerprint density at radius 1 is 1.31 bits per heavy atom. The highest BCUT2D eigenvalue weighted by Crippen LogP contribution is 2.02. The second-order valence-corrected chi connectivity index (χ2v) is 3.82. The van der Waals surface area contributed by atoms with E-state index in [1.807, 2.05) is 30.9 Å². The average molecular weight is 186 g/mol. The number of carbonyl (C=O) groups excluding carboxylic acids is 1. The molecular weight excluding hydrogens is 164 g/mol. The molecule has 0 saturated heterocycles. The van der Waals surface area contributed by atoms with Gasteiger partial charge in [-0.05, 0) is 27.4 Å². The van der Waals surface area contributed by atoms with E-state index in [9.17, 15) is 4.79 Å². The normalized spacial score (nSPS) is 13.1. The summed E-state index contributed by atoms with van der Waals surface area (Å²) in [4.78, 5) is 15.4. The van der Waals surface area contributed by atoms with Crippen molar-refractivity contribution in [2.75, 3.05) is 27.7 Å². The van der Waals surface area contributed by atoms with Gasteiger partial charge in [0.05, 0.1) is 0 Å². The van der Waals surface area contributed by atoms with Gasteiger partial charge in [-0.2, -0.15) is 0 Å². The molecule has 3 nitrogen and oxygen atoms in total. The van der Waals surface area contributed by atoms with E-state index in [0.717, 1.165) is 13.0 Å².